The van der Waals surface area contributed by atoms with Crippen molar-refractivity contribution in [3.05, 3.63) is 58.3 Å². The fourth-order valence-electron chi connectivity index (χ4n) is 2.74. The molecule has 2 heterocycles. The van der Waals surface area contributed by atoms with E-state index in [-0.39, 0.29) is 11.9 Å². The zero-order valence-electron chi connectivity index (χ0n) is 11.7. The Bertz CT molecular complexity index is 812. The van der Waals surface area contributed by atoms with Crippen molar-refractivity contribution in [3.8, 4) is 0 Å². The van der Waals surface area contributed by atoms with E-state index in [9.17, 15) is 4.79 Å². The number of hydrogen-bond acceptors (Lipinski definition) is 3. The average Bonchev–Trinajstić information content (AvgIpc) is 2.91. The summed E-state index contributed by atoms with van der Waals surface area (Å²) in [5, 5.41) is 5.80. The molecule has 1 amide bonds. The van der Waals surface area contributed by atoms with E-state index in [1.165, 1.54) is 5.56 Å². The molecular weight excluding hydrogens is 318 g/mol. The Morgan fingerprint density at radius 2 is 2.41 bits per heavy atom. The van der Waals surface area contributed by atoms with Crippen LogP contribution in [0.25, 0.3) is 4.96 Å². The molecule has 0 saturated heterocycles. The summed E-state index contributed by atoms with van der Waals surface area (Å²) in [6, 6.07) is 8.07. The minimum absolute atomic E-state index is 0.0280. The van der Waals surface area contributed by atoms with Gasteiger partial charge < -0.3 is 5.32 Å². The van der Waals surface area contributed by atoms with Crippen molar-refractivity contribution < 1.29 is 4.79 Å². The van der Waals surface area contributed by atoms with Gasteiger partial charge in [0.25, 0.3) is 0 Å². The van der Waals surface area contributed by atoms with Crippen molar-refractivity contribution in [2.24, 2.45) is 0 Å². The SMILES string of the molecule is O=C(Cc1cn2ccsc2n1)NC1CC1c1cccc(Cl)c1. The number of nitrogens with zero attached hydrogens (tertiary/aromatic N) is 2. The van der Waals surface area contributed by atoms with Crippen LogP contribution in [0.2, 0.25) is 5.02 Å². The molecule has 0 spiro atoms. The topological polar surface area (TPSA) is 46.4 Å². The highest BCUT2D eigenvalue weighted by Gasteiger charge is 2.39. The van der Waals surface area contributed by atoms with Crippen molar-refractivity contribution in [3.63, 3.8) is 0 Å². The average molecular weight is 332 g/mol. The van der Waals surface area contributed by atoms with E-state index in [1.54, 1.807) is 11.3 Å². The number of thiazole rings is 1. The van der Waals surface area contributed by atoms with E-state index < -0.39 is 0 Å². The highest BCUT2D eigenvalue weighted by molar-refractivity contribution is 7.15. The molecule has 1 saturated carbocycles. The lowest BCUT2D eigenvalue weighted by Crippen LogP contribution is -2.28. The predicted molar refractivity (Wildman–Crippen MR) is 87.5 cm³/mol. The predicted octanol–water partition coefficient (Wildman–Crippen LogP) is 3.26. The normalized spacial score (nSPS) is 20.2. The first kappa shape index (κ1) is 13.8. The van der Waals surface area contributed by atoms with Crippen LogP contribution in [0, 0.1) is 0 Å². The van der Waals surface area contributed by atoms with Crippen LogP contribution < -0.4 is 5.32 Å². The largest absolute Gasteiger partial charge is 0.352 e. The lowest BCUT2D eigenvalue weighted by Gasteiger charge is -2.04. The lowest BCUT2D eigenvalue weighted by atomic mass is 10.1. The maximum atomic E-state index is 12.1. The third-order valence-corrected chi connectivity index (χ3v) is 4.90. The Morgan fingerprint density at radius 3 is 3.23 bits per heavy atom. The lowest BCUT2D eigenvalue weighted by molar-refractivity contribution is -0.120. The van der Waals surface area contributed by atoms with E-state index in [2.05, 4.69) is 16.4 Å². The fourth-order valence-corrected chi connectivity index (χ4v) is 3.66. The van der Waals surface area contributed by atoms with Crippen molar-refractivity contribution in [1.82, 2.24) is 14.7 Å². The highest BCUT2D eigenvalue weighted by Crippen LogP contribution is 2.41. The summed E-state index contributed by atoms with van der Waals surface area (Å²) in [5.74, 6) is 0.411. The molecule has 6 heteroatoms. The fraction of sp³-hybridized carbons (Fsp3) is 0.250. The minimum atomic E-state index is 0.0280. The van der Waals surface area contributed by atoms with Crippen LogP contribution in [-0.2, 0) is 11.2 Å². The Kier molecular flexibility index (Phi) is 3.39. The van der Waals surface area contributed by atoms with Crippen molar-refractivity contribution in [2.75, 3.05) is 0 Å². The van der Waals surface area contributed by atoms with Crippen LogP contribution in [0.4, 0.5) is 0 Å². The van der Waals surface area contributed by atoms with Gasteiger partial charge in [0.15, 0.2) is 4.96 Å². The van der Waals surface area contributed by atoms with Crippen molar-refractivity contribution in [1.29, 1.82) is 0 Å². The number of imidazole rings is 1. The molecule has 0 bridgehead atoms. The molecule has 22 heavy (non-hydrogen) atoms. The summed E-state index contributed by atoms with van der Waals surface area (Å²) in [6.45, 7) is 0. The molecule has 2 aromatic heterocycles. The molecule has 4 nitrogen and oxygen atoms in total. The van der Waals surface area contributed by atoms with Gasteiger partial charge in [0.05, 0.1) is 12.1 Å². The molecule has 0 radical (unpaired) electrons. The van der Waals surface area contributed by atoms with E-state index in [0.717, 1.165) is 22.1 Å². The van der Waals surface area contributed by atoms with Crippen LogP contribution in [0.5, 0.6) is 0 Å². The molecule has 112 valence electrons. The van der Waals surface area contributed by atoms with Crippen LogP contribution in [0.1, 0.15) is 23.6 Å². The summed E-state index contributed by atoms with van der Waals surface area (Å²) < 4.78 is 1.94. The van der Waals surface area contributed by atoms with E-state index in [1.807, 2.05) is 40.4 Å². The quantitative estimate of drug-likeness (QED) is 0.797. The minimum Gasteiger partial charge on any atom is -0.352 e. The number of hydrogen-bond donors (Lipinski definition) is 1. The number of benzene rings is 1. The highest BCUT2D eigenvalue weighted by atomic mass is 35.5. The summed E-state index contributed by atoms with van der Waals surface area (Å²) in [6.07, 6.45) is 5.16. The van der Waals surface area contributed by atoms with Crippen LogP contribution >= 0.6 is 22.9 Å². The van der Waals surface area contributed by atoms with E-state index in [0.29, 0.717) is 12.3 Å². The zero-order chi connectivity index (χ0) is 15.1. The molecule has 3 aromatic rings. The molecule has 1 fully saturated rings. The molecule has 0 aliphatic heterocycles. The third kappa shape index (κ3) is 2.74. The first-order valence-corrected chi connectivity index (χ1v) is 8.41. The van der Waals surface area contributed by atoms with Gasteiger partial charge in [0.1, 0.15) is 0 Å². The smallest absolute Gasteiger partial charge is 0.226 e. The molecule has 2 atom stereocenters. The molecule has 1 N–H and O–H groups in total. The van der Waals surface area contributed by atoms with Crippen molar-refractivity contribution in [2.45, 2.75) is 24.8 Å². The molecular formula is C16H14ClN3OS. The van der Waals surface area contributed by atoms with Gasteiger partial charge in [-0.2, -0.15) is 0 Å². The summed E-state index contributed by atoms with van der Waals surface area (Å²) >= 11 is 7.58. The van der Waals surface area contributed by atoms with Crippen LogP contribution in [0.3, 0.4) is 0 Å². The maximum absolute atomic E-state index is 12.1. The van der Waals surface area contributed by atoms with Crippen LogP contribution in [-0.4, -0.2) is 21.3 Å². The number of halogens is 1. The van der Waals surface area contributed by atoms with Gasteiger partial charge in [-0.15, -0.1) is 11.3 Å². The number of rotatable bonds is 4. The first-order valence-electron chi connectivity index (χ1n) is 7.15. The Hall–Kier alpha value is -1.85. The summed E-state index contributed by atoms with van der Waals surface area (Å²) in [4.78, 5) is 17.5. The zero-order valence-corrected chi connectivity index (χ0v) is 13.3. The van der Waals surface area contributed by atoms with E-state index >= 15 is 0 Å². The monoisotopic (exact) mass is 331 g/mol. The van der Waals surface area contributed by atoms with Gasteiger partial charge >= 0.3 is 0 Å². The molecule has 1 aliphatic rings. The summed E-state index contributed by atoms with van der Waals surface area (Å²) in [5.41, 5.74) is 2.00. The second-order valence-electron chi connectivity index (χ2n) is 5.57. The van der Waals surface area contributed by atoms with Gasteiger partial charge in [0.2, 0.25) is 5.91 Å². The van der Waals surface area contributed by atoms with Crippen molar-refractivity contribution >= 4 is 33.8 Å². The first-order chi connectivity index (χ1) is 10.7. The molecule has 1 aliphatic carbocycles. The number of carbonyl (C=O) groups excluding carboxylic acids is 1. The number of amides is 1. The number of carbonyl (C=O) groups is 1. The Balaban J connectivity index is 1.36. The third-order valence-electron chi connectivity index (χ3n) is 3.90. The number of fused-ring (bicyclic) bond motifs is 1. The van der Waals surface area contributed by atoms with Gasteiger partial charge in [0, 0.05) is 34.8 Å². The standard InChI is InChI=1S/C16H14ClN3OS/c17-11-3-1-2-10(6-11)13-8-14(13)19-15(21)7-12-9-20-4-5-22-16(20)18-12/h1-6,9,13-14H,7-8H2,(H,19,21). The number of nitrogens with one attached hydrogen (secondary N) is 1. The Labute approximate surface area is 136 Å². The van der Waals surface area contributed by atoms with Gasteiger partial charge in [-0.05, 0) is 24.1 Å². The molecule has 4 rings (SSSR count). The van der Waals surface area contributed by atoms with Gasteiger partial charge in [-0.3, -0.25) is 9.20 Å². The molecule has 2 unspecified atom stereocenters. The Morgan fingerprint density at radius 1 is 1.50 bits per heavy atom. The van der Waals surface area contributed by atoms with Gasteiger partial charge in [-0.1, -0.05) is 23.7 Å². The second-order valence-corrected chi connectivity index (χ2v) is 6.88. The maximum Gasteiger partial charge on any atom is 0.226 e. The number of aromatic nitrogens is 2. The van der Waals surface area contributed by atoms with Gasteiger partial charge in [-0.25, -0.2) is 4.98 Å². The van der Waals surface area contributed by atoms with E-state index in [4.69, 9.17) is 11.6 Å². The molecule has 1 aromatic carbocycles. The second kappa shape index (κ2) is 5.41. The van der Waals surface area contributed by atoms with Crippen LogP contribution in [0.15, 0.2) is 42.0 Å². The summed E-state index contributed by atoms with van der Waals surface area (Å²) in [7, 11) is 0.